The Morgan fingerprint density at radius 3 is 3.50 bits per heavy atom. The summed E-state index contributed by atoms with van der Waals surface area (Å²) in [6.45, 7) is 0. The molecule has 0 bridgehead atoms. The zero-order chi connectivity index (χ0) is 5.82. The molecule has 3 heteroatoms. The molecule has 0 radical (unpaired) electrons. The van der Waals surface area contributed by atoms with Gasteiger partial charge in [0.05, 0.1) is 0 Å². The van der Waals surface area contributed by atoms with E-state index in [1.807, 2.05) is 0 Å². The molecule has 42 valence electrons. The second-order valence-electron chi connectivity index (χ2n) is 1.35. The first-order valence-corrected chi connectivity index (χ1v) is 3.05. The molecule has 0 aromatic heterocycles. The average molecular weight is 127 g/mol. The van der Waals surface area contributed by atoms with Crippen LogP contribution in [0, 0.1) is 0 Å². The van der Waals surface area contributed by atoms with Crippen molar-refractivity contribution in [3.05, 3.63) is 12.2 Å². The minimum absolute atomic E-state index is 0.106. The smallest absolute Gasteiger partial charge is 0.214 e. The SMILES string of the molecule is O=C1CC=CC=NS1. The summed E-state index contributed by atoms with van der Waals surface area (Å²) in [5.41, 5.74) is 0. The Morgan fingerprint density at radius 2 is 2.62 bits per heavy atom. The van der Waals surface area contributed by atoms with E-state index in [2.05, 4.69) is 4.40 Å². The Bertz CT molecular complexity index is 135. The second-order valence-corrected chi connectivity index (χ2v) is 2.20. The minimum atomic E-state index is 0.106. The summed E-state index contributed by atoms with van der Waals surface area (Å²) >= 11 is 1.01. The van der Waals surface area contributed by atoms with Gasteiger partial charge in [0.15, 0.2) is 0 Å². The summed E-state index contributed by atoms with van der Waals surface area (Å²) < 4.78 is 3.71. The molecule has 0 saturated heterocycles. The lowest BCUT2D eigenvalue weighted by molar-refractivity contribution is -0.110. The van der Waals surface area contributed by atoms with E-state index >= 15 is 0 Å². The normalized spacial score (nSPS) is 18.8. The van der Waals surface area contributed by atoms with Gasteiger partial charge in [0.25, 0.3) is 0 Å². The highest BCUT2D eigenvalue weighted by molar-refractivity contribution is 8.12. The van der Waals surface area contributed by atoms with Crippen molar-refractivity contribution in [2.75, 3.05) is 0 Å². The largest absolute Gasteiger partial charge is 0.285 e. The zero-order valence-corrected chi connectivity index (χ0v) is 5.02. The number of hydrogen-bond acceptors (Lipinski definition) is 3. The molecule has 8 heavy (non-hydrogen) atoms. The quantitative estimate of drug-likeness (QED) is 0.457. The average Bonchev–Trinajstić information content (AvgIpc) is 1.94. The summed E-state index contributed by atoms with van der Waals surface area (Å²) in [7, 11) is 0. The first kappa shape index (κ1) is 5.56. The maximum absolute atomic E-state index is 10.5. The fourth-order valence-electron chi connectivity index (χ4n) is 0.387. The Kier molecular flexibility index (Phi) is 1.86. The highest BCUT2D eigenvalue weighted by Gasteiger charge is 1.97. The Labute approximate surface area is 51.8 Å². The van der Waals surface area contributed by atoms with Crippen LogP contribution in [0.25, 0.3) is 0 Å². The molecule has 0 saturated carbocycles. The van der Waals surface area contributed by atoms with Gasteiger partial charge >= 0.3 is 0 Å². The Morgan fingerprint density at radius 1 is 1.75 bits per heavy atom. The monoisotopic (exact) mass is 127 g/mol. The number of allylic oxidation sites excluding steroid dienone is 2. The van der Waals surface area contributed by atoms with Crippen molar-refractivity contribution in [2.24, 2.45) is 4.40 Å². The van der Waals surface area contributed by atoms with Gasteiger partial charge in [-0.1, -0.05) is 6.08 Å². The molecule has 1 aliphatic rings. The highest BCUT2D eigenvalue weighted by Crippen LogP contribution is 2.08. The van der Waals surface area contributed by atoms with Gasteiger partial charge in [0.1, 0.15) is 0 Å². The van der Waals surface area contributed by atoms with Gasteiger partial charge in [0.2, 0.25) is 5.12 Å². The molecular formula is C5H5NOS. The Hall–Kier alpha value is -0.570. The van der Waals surface area contributed by atoms with Crippen LogP contribution in [0.4, 0.5) is 0 Å². The van der Waals surface area contributed by atoms with E-state index in [4.69, 9.17) is 0 Å². The molecule has 2 nitrogen and oxygen atoms in total. The van der Waals surface area contributed by atoms with Gasteiger partial charge in [-0.2, -0.15) is 0 Å². The van der Waals surface area contributed by atoms with Crippen molar-refractivity contribution in [2.45, 2.75) is 6.42 Å². The summed E-state index contributed by atoms with van der Waals surface area (Å²) in [6.07, 6.45) is 5.70. The molecule has 0 spiro atoms. The topological polar surface area (TPSA) is 29.4 Å². The number of hydrogen-bond donors (Lipinski definition) is 0. The molecule has 1 rings (SSSR count). The first-order chi connectivity index (χ1) is 3.89. The van der Waals surface area contributed by atoms with Gasteiger partial charge in [0, 0.05) is 24.6 Å². The van der Waals surface area contributed by atoms with Crippen LogP contribution in [0.15, 0.2) is 16.5 Å². The van der Waals surface area contributed by atoms with Crippen molar-refractivity contribution in [1.82, 2.24) is 0 Å². The summed E-state index contributed by atoms with van der Waals surface area (Å²) in [5.74, 6) is 0. The predicted octanol–water partition coefficient (Wildman–Crippen LogP) is 1.19. The van der Waals surface area contributed by atoms with E-state index in [-0.39, 0.29) is 5.12 Å². The molecule has 1 heterocycles. The molecule has 1 aliphatic heterocycles. The third-order valence-corrected chi connectivity index (χ3v) is 1.32. The summed E-state index contributed by atoms with van der Waals surface area (Å²) in [6, 6.07) is 0. The number of rotatable bonds is 0. The number of carbonyl (C=O) groups excluding carboxylic acids is 1. The van der Waals surface area contributed by atoms with Gasteiger partial charge in [-0.15, -0.1) is 0 Å². The van der Waals surface area contributed by atoms with E-state index in [9.17, 15) is 4.79 Å². The van der Waals surface area contributed by atoms with Crippen LogP contribution in [0.3, 0.4) is 0 Å². The van der Waals surface area contributed by atoms with Crippen LogP contribution in [-0.2, 0) is 4.79 Å². The predicted molar refractivity (Wildman–Crippen MR) is 34.8 cm³/mol. The summed E-state index contributed by atoms with van der Waals surface area (Å²) in [4.78, 5) is 10.5. The van der Waals surface area contributed by atoms with Crippen LogP contribution >= 0.6 is 11.9 Å². The molecule has 0 aromatic rings. The van der Waals surface area contributed by atoms with Crippen molar-refractivity contribution < 1.29 is 4.79 Å². The van der Waals surface area contributed by atoms with Crippen molar-refractivity contribution in [3.63, 3.8) is 0 Å². The third-order valence-electron chi connectivity index (χ3n) is 0.722. The zero-order valence-electron chi connectivity index (χ0n) is 4.20. The molecule has 0 atom stereocenters. The first-order valence-electron chi connectivity index (χ1n) is 2.28. The van der Waals surface area contributed by atoms with Crippen molar-refractivity contribution in [1.29, 1.82) is 0 Å². The van der Waals surface area contributed by atoms with Crippen molar-refractivity contribution >= 4 is 23.3 Å². The molecule has 0 N–H and O–H groups in total. The number of carbonyl (C=O) groups is 1. The van der Waals surface area contributed by atoms with E-state index in [1.165, 1.54) is 0 Å². The lowest BCUT2D eigenvalue weighted by Gasteiger charge is -1.81. The fourth-order valence-corrected chi connectivity index (χ4v) is 0.806. The fraction of sp³-hybridized carbons (Fsp3) is 0.200. The van der Waals surface area contributed by atoms with Crippen LogP contribution in [0.5, 0.6) is 0 Å². The van der Waals surface area contributed by atoms with Crippen LogP contribution < -0.4 is 0 Å². The number of nitrogens with zero attached hydrogens (tertiary/aromatic N) is 1. The second kappa shape index (κ2) is 2.67. The maximum atomic E-state index is 10.5. The van der Waals surface area contributed by atoms with E-state index < -0.39 is 0 Å². The molecule has 0 aromatic carbocycles. The summed E-state index contributed by atoms with van der Waals surface area (Å²) in [5, 5.41) is 0.106. The third kappa shape index (κ3) is 1.50. The standard InChI is InChI=1S/C5H5NOS/c7-5-3-1-2-4-6-8-5/h1-2,4H,3H2. The lowest BCUT2D eigenvalue weighted by atomic mass is 10.4. The highest BCUT2D eigenvalue weighted by atomic mass is 32.2. The van der Waals surface area contributed by atoms with Gasteiger partial charge in [-0.3, -0.25) is 4.79 Å². The van der Waals surface area contributed by atoms with E-state index in [0.717, 1.165) is 11.9 Å². The Balaban J connectivity index is 2.58. The van der Waals surface area contributed by atoms with Crippen LogP contribution in [0.2, 0.25) is 0 Å². The van der Waals surface area contributed by atoms with Gasteiger partial charge < -0.3 is 0 Å². The van der Waals surface area contributed by atoms with E-state index in [1.54, 1.807) is 18.4 Å². The lowest BCUT2D eigenvalue weighted by Crippen LogP contribution is -1.81. The maximum Gasteiger partial charge on any atom is 0.214 e. The van der Waals surface area contributed by atoms with Crippen LogP contribution in [-0.4, -0.2) is 11.3 Å². The molecule has 0 amide bonds. The van der Waals surface area contributed by atoms with Gasteiger partial charge in [-0.25, -0.2) is 4.40 Å². The van der Waals surface area contributed by atoms with Crippen LogP contribution in [0.1, 0.15) is 6.42 Å². The molecule has 0 fully saturated rings. The molecule has 0 unspecified atom stereocenters. The minimum Gasteiger partial charge on any atom is -0.285 e. The van der Waals surface area contributed by atoms with Gasteiger partial charge in [-0.05, 0) is 6.08 Å². The molecular weight excluding hydrogens is 122 g/mol. The van der Waals surface area contributed by atoms with E-state index in [0.29, 0.717) is 6.42 Å². The molecule has 0 aliphatic carbocycles. The van der Waals surface area contributed by atoms with Crippen molar-refractivity contribution in [3.8, 4) is 0 Å².